The molecule has 1 aliphatic rings. The number of halogens is 1. The summed E-state index contributed by atoms with van der Waals surface area (Å²) in [6, 6.07) is 11.0. The second kappa shape index (κ2) is 11.0. The van der Waals surface area contributed by atoms with E-state index < -0.39 is 0 Å². The van der Waals surface area contributed by atoms with Crippen LogP contribution in [-0.4, -0.2) is 56.0 Å². The van der Waals surface area contributed by atoms with Crippen LogP contribution in [0.2, 0.25) is 0 Å². The van der Waals surface area contributed by atoms with E-state index in [1.54, 1.807) is 18.2 Å². The van der Waals surface area contributed by atoms with E-state index >= 15 is 0 Å². The van der Waals surface area contributed by atoms with E-state index in [2.05, 4.69) is 20.9 Å². The van der Waals surface area contributed by atoms with E-state index in [4.69, 9.17) is 0 Å². The van der Waals surface area contributed by atoms with Crippen LogP contribution >= 0.6 is 23.7 Å². The van der Waals surface area contributed by atoms with Gasteiger partial charge in [0.05, 0.1) is 4.88 Å². The number of carbonyl (C=O) groups excluding carboxylic acids is 2. The summed E-state index contributed by atoms with van der Waals surface area (Å²) in [6.07, 6.45) is 0. The van der Waals surface area contributed by atoms with Gasteiger partial charge in [-0.2, -0.15) is 0 Å². The molecule has 1 aromatic heterocycles. The van der Waals surface area contributed by atoms with Crippen LogP contribution < -0.4 is 16.0 Å². The summed E-state index contributed by atoms with van der Waals surface area (Å²) >= 11 is 1.42. The van der Waals surface area contributed by atoms with E-state index in [-0.39, 0.29) is 24.2 Å². The van der Waals surface area contributed by atoms with E-state index in [9.17, 15) is 9.59 Å². The highest BCUT2D eigenvalue weighted by atomic mass is 35.5. The van der Waals surface area contributed by atoms with Crippen molar-refractivity contribution in [1.82, 2.24) is 20.9 Å². The number of piperazine rings is 1. The highest BCUT2D eigenvalue weighted by Gasteiger charge is 2.10. The van der Waals surface area contributed by atoms with Gasteiger partial charge in [-0.15, -0.1) is 23.7 Å². The molecule has 0 spiro atoms. The third-order valence-electron chi connectivity index (χ3n) is 4.34. The molecule has 2 aromatic rings. The molecular formula is C19H25ClN4O2S. The maximum absolute atomic E-state index is 12.2. The minimum atomic E-state index is -0.0743. The standard InChI is InChI=1S/C19H24N4O2S.ClH/c24-18(21-9-12-23-10-7-20-8-11-23)16-5-3-15(4-6-16)14-22-19(25)17-2-1-13-26-17;/h1-6,13,20H,7-12,14H2,(H,21,24)(H,22,25);1H. The van der Waals surface area contributed by atoms with Gasteiger partial charge in [0, 0.05) is 51.4 Å². The third kappa shape index (κ3) is 6.62. The minimum Gasteiger partial charge on any atom is -0.351 e. The lowest BCUT2D eigenvalue weighted by atomic mass is 10.1. The Morgan fingerprint density at radius 2 is 1.78 bits per heavy atom. The van der Waals surface area contributed by atoms with Crippen LogP contribution in [0.15, 0.2) is 41.8 Å². The molecule has 6 nitrogen and oxygen atoms in total. The third-order valence-corrected chi connectivity index (χ3v) is 5.21. The summed E-state index contributed by atoms with van der Waals surface area (Å²) in [6.45, 7) is 6.06. The first-order chi connectivity index (χ1) is 12.7. The smallest absolute Gasteiger partial charge is 0.261 e. The summed E-state index contributed by atoms with van der Waals surface area (Å²) in [5.74, 6) is -0.135. The fourth-order valence-electron chi connectivity index (χ4n) is 2.82. The summed E-state index contributed by atoms with van der Waals surface area (Å²) < 4.78 is 0. The molecule has 0 aliphatic carbocycles. The van der Waals surface area contributed by atoms with Crippen molar-refractivity contribution < 1.29 is 9.59 Å². The molecule has 0 saturated carbocycles. The molecule has 1 saturated heterocycles. The SMILES string of the molecule is Cl.O=C(NCCN1CCNCC1)c1ccc(CNC(=O)c2cccs2)cc1. The van der Waals surface area contributed by atoms with E-state index in [1.165, 1.54) is 11.3 Å². The average molecular weight is 409 g/mol. The zero-order chi connectivity index (χ0) is 18.2. The van der Waals surface area contributed by atoms with Gasteiger partial charge >= 0.3 is 0 Å². The summed E-state index contributed by atoms with van der Waals surface area (Å²) in [7, 11) is 0. The Hall–Kier alpha value is -1.93. The maximum Gasteiger partial charge on any atom is 0.261 e. The van der Waals surface area contributed by atoms with Crippen LogP contribution in [0.25, 0.3) is 0 Å². The Labute approximate surface area is 169 Å². The molecule has 3 rings (SSSR count). The minimum absolute atomic E-state index is 0. The number of carbonyl (C=O) groups is 2. The molecule has 0 unspecified atom stereocenters. The van der Waals surface area contributed by atoms with Crippen molar-refractivity contribution in [2.24, 2.45) is 0 Å². The molecule has 3 N–H and O–H groups in total. The number of thiophene rings is 1. The first-order valence-corrected chi connectivity index (χ1v) is 9.72. The van der Waals surface area contributed by atoms with Gasteiger partial charge in [0.1, 0.15) is 0 Å². The van der Waals surface area contributed by atoms with Gasteiger partial charge in [-0.3, -0.25) is 14.5 Å². The van der Waals surface area contributed by atoms with Crippen molar-refractivity contribution in [2.75, 3.05) is 39.3 Å². The second-order valence-corrected chi connectivity index (χ2v) is 7.15. The molecule has 2 amide bonds. The largest absolute Gasteiger partial charge is 0.351 e. The van der Waals surface area contributed by atoms with Gasteiger partial charge in [0.25, 0.3) is 11.8 Å². The Balaban J connectivity index is 0.00000261. The van der Waals surface area contributed by atoms with Crippen molar-refractivity contribution >= 4 is 35.6 Å². The maximum atomic E-state index is 12.2. The summed E-state index contributed by atoms with van der Waals surface area (Å²) in [4.78, 5) is 27.2. The fourth-order valence-corrected chi connectivity index (χ4v) is 3.46. The quantitative estimate of drug-likeness (QED) is 0.652. The lowest BCUT2D eigenvalue weighted by Crippen LogP contribution is -2.46. The van der Waals surface area contributed by atoms with Crippen LogP contribution in [-0.2, 0) is 6.54 Å². The molecule has 27 heavy (non-hydrogen) atoms. The van der Waals surface area contributed by atoms with Crippen LogP contribution in [0.1, 0.15) is 25.6 Å². The molecule has 2 heterocycles. The number of hydrogen-bond acceptors (Lipinski definition) is 5. The Bertz CT molecular complexity index is 716. The molecule has 0 bridgehead atoms. The lowest BCUT2D eigenvalue weighted by Gasteiger charge is -2.27. The van der Waals surface area contributed by atoms with Crippen LogP contribution in [0, 0.1) is 0 Å². The molecule has 0 radical (unpaired) electrons. The van der Waals surface area contributed by atoms with Crippen LogP contribution in [0.4, 0.5) is 0 Å². The number of nitrogens with one attached hydrogen (secondary N) is 3. The molecule has 8 heteroatoms. The van der Waals surface area contributed by atoms with Gasteiger partial charge in [0.15, 0.2) is 0 Å². The average Bonchev–Trinajstić information content (AvgIpc) is 3.22. The highest BCUT2D eigenvalue weighted by molar-refractivity contribution is 7.12. The van der Waals surface area contributed by atoms with Crippen molar-refractivity contribution in [3.63, 3.8) is 0 Å². The summed E-state index contributed by atoms with van der Waals surface area (Å²) in [5, 5.41) is 11.0. The molecule has 1 aliphatic heterocycles. The fraction of sp³-hybridized carbons (Fsp3) is 0.368. The van der Waals surface area contributed by atoms with E-state index in [1.807, 2.05) is 23.6 Å². The van der Waals surface area contributed by atoms with Gasteiger partial charge in [-0.05, 0) is 29.1 Å². The zero-order valence-corrected chi connectivity index (χ0v) is 16.7. The van der Waals surface area contributed by atoms with Crippen molar-refractivity contribution in [2.45, 2.75) is 6.54 Å². The predicted molar refractivity (Wildman–Crippen MR) is 111 cm³/mol. The van der Waals surface area contributed by atoms with Gasteiger partial charge in [-0.1, -0.05) is 18.2 Å². The topological polar surface area (TPSA) is 73.5 Å². The van der Waals surface area contributed by atoms with Crippen LogP contribution in [0.3, 0.4) is 0 Å². The summed E-state index contributed by atoms with van der Waals surface area (Å²) in [5.41, 5.74) is 1.60. The molecule has 0 atom stereocenters. The predicted octanol–water partition coefficient (Wildman–Crippen LogP) is 1.73. The van der Waals surface area contributed by atoms with Crippen molar-refractivity contribution in [3.8, 4) is 0 Å². The number of hydrogen-bond donors (Lipinski definition) is 3. The number of benzene rings is 1. The van der Waals surface area contributed by atoms with Gasteiger partial charge in [0.2, 0.25) is 0 Å². The normalized spacial score (nSPS) is 14.2. The molecule has 1 aromatic carbocycles. The Morgan fingerprint density at radius 1 is 1.04 bits per heavy atom. The van der Waals surface area contributed by atoms with E-state index in [0.717, 1.165) is 38.3 Å². The first kappa shape index (κ1) is 21.4. The van der Waals surface area contributed by atoms with Gasteiger partial charge < -0.3 is 16.0 Å². The number of amides is 2. The molecule has 146 valence electrons. The van der Waals surface area contributed by atoms with Gasteiger partial charge in [-0.25, -0.2) is 0 Å². The molecular weight excluding hydrogens is 384 g/mol. The zero-order valence-electron chi connectivity index (χ0n) is 15.1. The highest BCUT2D eigenvalue weighted by Crippen LogP contribution is 2.09. The Morgan fingerprint density at radius 3 is 2.44 bits per heavy atom. The first-order valence-electron chi connectivity index (χ1n) is 8.84. The lowest BCUT2D eigenvalue weighted by molar-refractivity contribution is 0.0941. The van der Waals surface area contributed by atoms with Crippen LogP contribution in [0.5, 0.6) is 0 Å². The number of nitrogens with zero attached hydrogens (tertiary/aromatic N) is 1. The van der Waals surface area contributed by atoms with Crippen molar-refractivity contribution in [3.05, 3.63) is 57.8 Å². The van der Waals surface area contributed by atoms with E-state index in [0.29, 0.717) is 23.5 Å². The molecule has 1 fully saturated rings. The number of rotatable bonds is 7. The van der Waals surface area contributed by atoms with Crippen molar-refractivity contribution in [1.29, 1.82) is 0 Å². The Kier molecular flexibility index (Phi) is 8.74. The second-order valence-electron chi connectivity index (χ2n) is 6.20. The monoisotopic (exact) mass is 408 g/mol.